The van der Waals surface area contributed by atoms with Gasteiger partial charge in [0.25, 0.3) is 0 Å². The maximum atomic E-state index is 10.5. The van der Waals surface area contributed by atoms with Crippen LogP contribution in [0.1, 0.15) is 18.7 Å². The number of fused-ring (bicyclic) bond motifs is 1. The van der Waals surface area contributed by atoms with Gasteiger partial charge in [-0.05, 0) is 11.6 Å². The SMILES string of the molecule is C[C@H]1[C@H](O)[C@H](c2cc(Cl)c3c(N)ncnn23)O[C@@]1(CO)N=[N+]=[N-]. The maximum Gasteiger partial charge on any atom is 0.175 e. The number of ether oxygens (including phenoxy) is 1. The molecule has 1 fully saturated rings. The molecular weight excluding hydrogens is 326 g/mol. The first kappa shape index (κ1) is 15.8. The fourth-order valence-corrected chi connectivity index (χ4v) is 3.10. The van der Waals surface area contributed by atoms with Crippen molar-refractivity contribution >= 4 is 22.9 Å². The summed E-state index contributed by atoms with van der Waals surface area (Å²) in [5, 5.41) is 28.0. The smallest absolute Gasteiger partial charge is 0.175 e. The first-order valence-electron chi connectivity index (χ1n) is 6.76. The highest BCUT2D eigenvalue weighted by molar-refractivity contribution is 6.34. The average Bonchev–Trinajstić information content (AvgIpc) is 2.99. The van der Waals surface area contributed by atoms with Crippen molar-refractivity contribution in [3.05, 3.63) is 33.6 Å². The molecule has 0 spiro atoms. The van der Waals surface area contributed by atoms with Crippen molar-refractivity contribution in [2.45, 2.75) is 24.9 Å². The summed E-state index contributed by atoms with van der Waals surface area (Å²) in [5.41, 5.74) is 13.8. The van der Waals surface area contributed by atoms with Gasteiger partial charge in [-0.15, -0.1) is 0 Å². The van der Waals surface area contributed by atoms with Crippen LogP contribution in [0.3, 0.4) is 0 Å². The Bertz CT molecular complexity index is 805. The summed E-state index contributed by atoms with van der Waals surface area (Å²) in [6, 6.07) is 1.55. The lowest BCUT2D eigenvalue weighted by Gasteiger charge is -2.24. The van der Waals surface area contributed by atoms with E-state index in [4.69, 9.17) is 27.6 Å². The Balaban J connectivity index is 2.13. The summed E-state index contributed by atoms with van der Waals surface area (Å²) in [6.45, 7) is 1.05. The highest BCUT2D eigenvalue weighted by atomic mass is 35.5. The fourth-order valence-electron chi connectivity index (χ4n) is 2.81. The quantitative estimate of drug-likeness (QED) is 0.431. The van der Waals surface area contributed by atoms with Crippen LogP contribution in [0.15, 0.2) is 17.5 Å². The molecule has 4 atom stereocenters. The molecule has 2 aromatic heterocycles. The van der Waals surface area contributed by atoms with Gasteiger partial charge in [0.2, 0.25) is 0 Å². The van der Waals surface area contributed by atoms with Crippen molar-refractivity contribution in [2.75, 3.05) is 12.3 Å². The van der Waals surface area contributed by atoms with Crippen LogP contribution in [-0.2, 0) is 4.74 Å². The second-order valence-corrected chi connectivity index (χ2v) is 5.74. The van der Waals surface area contributed by atoms with Gasteiger partial charge in [0.1, 0.15) is 17.9 Å². The van der Waals surface area contributed by atoms with Gasteiger partial charge in [0, 0.05) is 10.8 Å². The number of azide groups is 1. The van der Waals surface area contributed by atoms with Crippen LogP contribution in [0.25, 0.3) is 16.0 Å². The number of nitrogen functional groups attached to an aromatic ring is 1. The number of aliphatic hydroxyl groups is 2. The lowest BCUT2D eigenvalue weighted by molar-refractivity contribution is -0.0882. The molecule has 3 heterocycles. The third-order valence-electron chi connectivity index (χ3n) is 4.16. The molecule has 1 saturated heterocycles. The van der Waals surface area contributed by atoms with E-state index in [0.717, 1.165) is 0 Å². The van der Waals surface area contributed by atoms with Gasteiger partial charge in [-0.2, -0.15) is 5.10 Å². The van der Waals surface area contributed by atoms with Gasteiger partial charge in [-0.1, -0.05) is 23.6 Å². The lowest BCUT2D eigenvalue weighted by Crippen LogP contribution is -2.37. The monoisotopic (exact) mass is 339 g/mol. The van der Waals surface area contributed by atoms with E-state index < -0.39 is 30.5 Å². The standard InChI is InChI=1S/C12H14ClN7O3/c1-5-9(22)10(23-12(5,3-21)18-19-15)7-2-6(13)8-11(14)16-4-17-20(7)8/h2,4-5,9-10,21-22H,3H2,1H3,(H2,14,16,17)/t5-,9-,10-,12+/m0/s1. The molecule has 4 N–H and O–H groups in total. The predicted octanol–water partition coefficient (Wildman–Crippen LogP) is 1.03. The van der Waals surface area contributed by atoms with Crippen LogP contribution in [0.2, 0.25) is 5.02 Å². The topological polar surface area (TPSA) is 155 Å². The molecule has 23 heavy (non-hydrogen) atoms. The summed E-state index contributed by atoms with van der Waals surface area (Å²) < 4.78 is 7.12. The van der Waals surface area contributed by atoms with E-state index in [-0.39, 0.29) is 5.82 Å². The normalized spacial score (nSPS) is 30.5. The maximum absolute atomic E-state index is 10.5. The minimum absolute atomic E-state index is 0.181. The van der Waals surface area contributed by atoms with Crippen LogP contribution in [0.5, 0.6) is 0 Å². The molecule has 0 saturated carbocycles. The molecule has 0 amide bonds. The Morgan fingerprint density at radius 3 is 3.04 bits per heavy atom. The Morgan fingerprint density at radius 2 is 2.39 bits per heavy atom. The summed E-state index contributed by atoms with van der Waals surface area (Å²) in [6.07, 6.45) is -0.699. The third kappa shape index (κ3) is 2.19. The van der Waals surface area contributed by atoms with Crippen molar-refractivity contribution in [1.29, 1.82) is 0 Å². The number of hydrogen-bond acceptors (Lipinski definition) is 7. The third-order valence-corrected chi connectivity index (χ3v) is 4.45. The zero-order valence-electron chi connectivity index (χ0n) is 12.0. The van der Waals surface area contributed by atoms with Crippen LogP contribution < -0.4 is 5.73 Å². The number of nitrogens with two attached hydrogens (primary N) is 1. The van der Waals surface area contributed by atoms with Gasteiger partial charge in [0.05, 0.1) is 23.4 Å². The van der Waals surface area contributed by atoms with Crippen molar-refractivity contribution in [3.8, 4) is 0 Å². The molecule has 2 aromatic rings. The number of aliphatic hydroxyl groups excluding tert-OH is 2. The van der Waals surface area contributed by atoms with Crippen LogP contribution in [-0.4, -0.2) is 43.2 Å². The molecule has 11 heteroatoms. The van der Waals surface area contributed by atoms with E-state index >= 15 is 0 Å². The second kappa shape index (κ2) is 5.52. The van der Waals surface area contributed by atoms with Crippen LogP contribution in [0.4, 0.5) is 5.82 Å². The highest BCUT2D eigenvalue weighted by Gasteiger charge is 2.53. The minimum Gasteiger partial charge on any atom is -0.393 e. The van der Waals surface area contributed by atoms with E-state index in [1.54, 1.807) is 13.0 Å². The van der Waals surface area contributed by atoms with Crippen LogP contribution >= 0.6 is 11.6 Å². The first-order valence-corrected chi connectivity index (χ1v) is 7.13. The number of hydrogen-bond donors (Lipinski definition) is 3. The van der Waals surface area contributed by atoms with E-state index in [0.29, 0.717) is 16.2 Å². The molecule has 0 aromatic carbocycles. The fraction of sp³-hybridized carbons (Fsp3) is 0.500. The molecule has 0 radical (unpaired) electrons. The molecular formula is C12H14ClN7O3. The van der Waals surface area contributed by atoms with Crippen molar-refractivity contribution in [1.82, 2.24) is 14.6 Å². The first-order chi connectivity index (χ1) is 10.9. The Hall–Kier alpha value is -2.10. The number of halogens is 1. The van der Waals surface area contributed by atoms with Gasteiger partial charge in [-0.3, -0.25) is 0 Å². The number of nitrogens with zero attached hydrogens (tertiary/aromatic N) is 6. The molecule has 0 bridgehead atoms. The molecule has 3 rings (SSSR count). The molecule has 0 unspecified atom stereocenters. The summed E-state index contributed by atoms with van der Waals surface area (Å²) in [7, 11) is 0. The van der Waals surface area contributed by atoms with E-state index in [9.17, 15) is 10.2 Å². The Morgan fingerprint density at radius 1 is 1.65 bits per heavy atom. The highest BCUT2D eigenvalue weighted by Crippen LogP contribution is 2.45. The van der Waals surface area contributed by atoms with E-state index in [2.05, 4.69) is 20.1 Å². The average molecular weight is 340 g/mol. The Kier molecular flexibility index (Phi) is 3.78. The number of rotatable bonds is 3. The molecule has 1 aliphatic heterocycles. The molecule has 122 valence electrons. The van der Waals surface area contributed by atoms with Gasteiger partial charge in [-0.25, -0.2) is 9.50 Å². The molecule has 0 aliphatic carbocycles. The predicted molar refractivity (Wildman–Crippen MR) is 80.4 cm³/mol. The largest absolute Gasteiger partial charge is 0.393 e. The van der Waals surface area contributed by atoms with E-state index in [1.165, 1.54) is 10.8 Å². The summed E-state index contributed by atoms with van der Waals surface area (Å²) >= 11 is 6.16. The minimum atomic E-state index is -1.56. The lowest BCUT2D eigenvalue weighted by atomic mass is 9.93. The molecule has 10 nitrogen and oxygen atoms in total. The van der Waals surface area contributed by atoms with Crippen molar-refractivity contribution in [3.63, 3.8) is 0 Å². The summed E-state index contributed by atoms with van der Waals surface area (Å²) in [4.78, 5) is 6.57. The van der Waals surface area contributed by atoms with E-state index in [1.807, 2.05) is 0 Å². The van der Waals surface area contributed by atoms with Gasteiger partial charge in [0.15, 0.2) is 11.5 Å². The zero-order valence-corrected chi connectivity index (χ0v) is 12.8. The van der Waals surface area contributed by atoms with Crippen LogP contribution in [0, 0.1) is 5.92 Å². The number of anilines is 1. The summed E-state index contributed by atoms with van der Waals surface area (Å²) in [5.74, 6) is -0.461. The van der Waals surface area contributed by atoms with Crippen molar-refractivity contribution < 1.29 is 14.9 Å². The Labute approximate surface area is 135 Å². The van der Waals surface area contributed by atoms with Crippen molar-refractivity contribution in [2.24, 2.45) is 11.0 Å². The van der Waals surface area contributed by atoms with Gasteiger partial charge >= 0.3 is 0 Å². The number of aromatic nitrogens is 3. The molecule has 1 aliphatic rings. The van der Waals surface area contributed by atoms with Gasteiger partial charge < -0.3 is 20.7 Å². The zero-order chi connectivity index (χ0) is 16.8. The second-order valence-electron chi connectivity index (χ2n) is 5.33.